The van der Waals surface area contributed by atoms with Crippen molar-refractivity contribution in [2.75, 3.05) is 18.4 Å². The second-order valence-electron chi connectivity index (χ2n) is 10.6. The van der Waals surface area contributed by atoms with E-state index in [0.29, 0.717) is 28.6 Å². The number of anilines is 1. The quantitative estimate of drug-likeness (QED) is 0.175. The maximum atomic E-state index is 12.7. The largest absolute Gasteiger partial charge is 0.353 e. The minimum absolute atomic E-state index is 0.0132. The van der Waals surface area contributed by atoms with Crippen LogP contribution in [0.5, 0.6) is 0 Å². The summed E-state index contributed by atoms with van der Waals surface area (Å²) in [5, 5.41) is 15.8. The van der Waals surface area contributed by atoms with Crippen molar-refractivity contribution in [2.24, 2.45) is 5.92 Å². The van der Waals surface area contributed by atoms with Crippen LogP contribution in [-0.2, 0) is 4.79 Å². The lowest BCUT2D eigenvalue weighted by atomic mass is 9.94. The predicted molar refractivity (Wildman–Crippen MR) is 164 cm³/mol. The Hall–Kier alpha value is -4.74. The van der Waals surface area contributed by atoms with Gasteiger partial charge in [-0.15, -0.1) is 11.3 Å². The van der Waals surface area contributed by atoms with E-state index in [1.54, 1.807) is 31.7 Å². The van der Waals surface area contributed by atoms with Crippen LogP contribution in [0.2, 0.25) is 0 Å². The zero-order valence-corrected chi connectivity index (χ0v) is 23.7. The van der Waals surface area contributed by atoms with Gasteiger partial charge in [-0.2, -0.15) is 5.10 Å². The summed E-state index contributed by atoms with van der Waals surface area (Å²) in [4.78, 5) is 43.3. The maximum absolute atomic E-state index is 12.7. The molecule has 10 nitrogen and oxygen atoms in total. The van der Waals surface area contributed by atoms with Gasteiger partial charge in [0, 0.05) is 52.4 Å². The summed E-state index contributed by atoms with van der Waals surface area (Å²) in [7, 11) is 0. The minimum atomic E-state index is 0.0132. The molecule has 7 rings (SSSR count). The van der Waals surface area contributed by atoms with Gasteiger partial charge in [0.15, 0.2) is 11.4 Å². The van der Waals surface area contributed by atoms with E-state index in [4.69, 9.17) is 0 Å². The fourth-order valence-corrected chi connectivity index (χ4v) is 6.44. The Morgan fingerprint density at radius 1 is 0.976 bits per heavy atom. The predicted octanol–water partition coefficient (Wildman–Crippen LogP) is 5.82. The van der Waals surface area contributed by atoms with E-state index < -0.39 is 0 Å². The smallest absolute Gasteiger partial charge is 0.224 e. The van der Waals surface area contributed by atoms with Gasteiger partial charge >= 0.3 is 0 Å². The first kappa shape index (κ1) is 26.2. The molecular formula is C31H28N8O2S. The van der Waals surface area contributed by atoms with E-state index in [9.17, 15) is 9.59 Å². The summed E-state index contributed by atoms with van der Waals surface area (Å²) in [5.41, 5.74) is 6.33. The van der Waals surface area contributed by atoms with Gasteiger partial charge in [-0.25, -0.2) is 4.98 Å². The molecule has 0 aromatic carbocycles. The third kappa shape index (κ3) is 5.08. The van der Waals surface area contributed by atoms with E-state index in [1.165, 1.54) is 11.3 Å². The molecule has 0 bridgehead atoms. The van der Waals surface area contributed by atoms with Crippen molar-refractivity contribution in [3.63, 3.8) is 0 Å². The van der Waals surface area contributed by atoms with Crippen molar-refractivity contribution in [2.45, 2.75) is 26.2 Å². The number of rotatable bonds is 7. The summed E-state index contributed by atoms with van der Waals surface area (Å²) in [6.07, 6.45) is 9.53. The van der Waals surface area contributed by atoms with Crippen LogP contribution in [0.25, 0.3) is 55.0 Å². The van der Waals surface area contributed by atoms with Crippen LogP contribution in [0.15, 0.2) is 61.2 Å². The molecule has 1 aliphatic heterocycles. The van der Waals surface area contributed by atoms with Crippen LogP contribution in [0.4, 0.5) is 5.69 Å². The highest BCUT2D eigenvalue weighted by molar-refractivity contribution is 7.17. The zero-order valence-electron chi connectivity index (χ0n) is 22.9. The Labute approximate surface area is 245 Å². The fourth-order valence-electron chi connectivity index (χ4n) is 5.52. The van der Waals surface area contributed by atoms with Gasteiger partial charge in [0.25, 0.3) is 0 Å². The molecule has 0 unspecified atom stereocenters. The number of nitrogens with zero attached hydrogens (tertiary/aromatic N) is 4. The Kier molecular flexibility index (Phi) is 6.80. The molecule has 7 heterocycles. The molecule has 0 aliphatic carbocycles. The molecule has 0 radical (unpaired) electrons. The molecule has 1 amide bonds. The molecule has 42 heavy (non-hydrogen) atoms. The van der Waals surface area contributed by atoms with Gasteiger partial charge in [-0.3, -0.25) is 24.7 Å². The standard InChI is InChI=1S/C31H28N8O2S/c1-17(40)26-2-3-27(42-26)30-22-13-25(37-24(22)6-9-34-30)29-23-12-20(15-35-31(23)39-38-29)19-11-21(16-33-14-19)36-28(41)10-18-4-7-32-8-5-18/h2-3,6,9,11-16,18,32,37H,4-5,7-8,10H2,1H3,(H,36,41)(H,35,38,39). The molecule has 6 aromatic heterocycles. The van der Waals surface area contributed by atoms with E-state index in [1.807, 2.05) is 36.4 Å². The molecule has 4 N–H and O–H groups in total. The lowest BCUT2D eigenvalue weighted by molar-refractivity contribution is -0.117. The minimum Gasteiger partial charge on any atom is -0.353 e. The summed E-state index contributed by atoms with van der Waals surface area (Å²) in [5.74, 6) is 0.465. The first-order valence-corrected chi connectivity index (χ1v) is 14.7. The second-order valence-corrected chi connectivity index (χ2v) is 11.7. The monoisotopic (exact) mass is 576 g/mol. The average Bonchev–Trinajstić information content (AvgIpc) is 3.75. The Morgan fingerprint density at radius 2 is 1.83 bits per heavy atom. The van der Waals surface area contributed by atoms with Crippen molar-refractivity contribution in [3.05, 3.63) is 66.1 Å². The molecule has 1 saturated heterocycles. The number of aromatic amines is 2. The summed E-state index contributed by atoms with van der Waals surface area (Å²) >= 11 is 1.44. The maximum Gasteiger partial charge on any atom is 0.224 e. The third-order valence-corrected chi connectivity index (χ3v) is 8.89. The number of ketones is 1. The number of thiophene rings is 1. The van der Waals surface area contributed by atoms with Crippen LogP contribution < -0.4 is 10.6 Å². The van der Waals surface area contributed by atoms with Crippen molar-refractivity contribution in [1.82, 2.24) is 35.5 Å². The molecule has 11 heteroatoms. The van der Waals surface area contributed by atoms with Crippen molar-refractivity contribution >= 4 is 50.7 Å². The van der Waals surface area contributed by atoms with Crippen LogP contribution in [0, 0.1) is 5.92 Å². The highest BCUT2D eigenvalue weighted by atomic mass is 32.1. The average molecular weight is 577 g/mol. The van der Waals surface area contributed by atoms with Gasteiger partial charge in [0.05, 0.1) is 33.0 Å². The molecule has 6 aromatic rings. The second kappa shape index (κ2) is 10.9. The first-order valence-electron chi connectivity index (χ1n) is 13.9. The van der Waals surface area contributed by atoms with E-state index >= 15 is 0 Å². The van der Waals surface area contributed by atoms with Gasteiger partial charge in [-0.1, -0.05) is 0 Å². The lowest BCUT2D eigenvalue weighted by Gasteiger charge is -2.21. The van der Waals surface area contributed by atoms with Crippen LogP contribution in [-0.4, -0.2) is 54.9 Å². The summed E-state index contributed by atoms with van der Waals surface area (Å²) in [6, 6.07) is 11.7. The Balaban J connectivity index is 1.19. The third-order valence-electron chi connectivity index (χ3n) is 7.69. The number of hydrogen-bond acceptors (Lipinski definition) is 8. The number of amides is 1. The number of nitrogens with one attached hydrogen (secondary N) is 4. The number of piperidine rings is 1. The summed E-state index contributed by atoms with van der Waals surface area (Å²) < 4.78 is 0. The van der Waals surface area contributed by atoms with Gasteiger partial charge < -0.3 is 15.6 Å². The topological polar surface area (TPSA) is 141 Å². The molecule has 0 saturated carbocycles. The molecule has 1 aliphatic rings. The lowest BCUT2D eigenvalue weighted by Crippen LogP contribution is -2.30. The molecular weight excluding hydrogens is 548 g/mol. The highest BCUT2D eigenvalue weighted by Crippen LogP contribution is 2.36. The number of carbonyl (C=O) groups excluding carboxylic acids is 2. The first-order chi connectivity index (χ1) is 20.5. The van der Waals surface area contributed by atoms with Crippen LogP contribution >= 0.6 is 11.3 Å². The Bertz CT molecular complexity index is 1950. The number of aromatic nitrogens is 6. The van der Waals surface area contributed by atoms with E-state index in [0.717, 1.165) is 75.3 Å². The fraction of sp³-hybridized carbons (Fsp3) is 0.226. The number of Topliss-reactive ketones (excluding diaryl/α,β-unsaturated/α-hetero) is 1. The summed E-state index contributed by atoms with van der Waals surface area (Å²) in [6.45, 7) is 3.50. The van der Waals surface area contributed by atoms with Crippen molar-refractivity contribution < 1.29 is 9.59 Å². The normalized spacial score (nSPS) is 14.0. The number of H-pyrrole nitrogens is 2. The number of hydrogen-bond donors (Lipinski definition) is 4. The van der Waals surface area contributed by atoms with E-state index in [-0.39, 0.29) is 11.7 Å². The van der Waals surface area contributed by atoms with Gasteiger partial charge in [0.1, 0.15) is 5.69 Å². The highest BCUT2D eigenvalue weighted by Gasteiger charge is 2.19. The van der Waals surface area contributed by atoms with E-state index in [2.05, 4.69) is 40.8 Å². The molecule has 210 valence electrons. The number of fused-ring (bicyclic) bond motifs is 2. The molecule has 1 fully saturated rings. The SMILES string of the molecule is CC(=O)c1ccc(-c2nccc3[nH]c(-c4n[nH]c5ncc(-c6cncc(NC(=O)CC7CCNCC7)c6)cc45)cc23)s1. The van der Waals surface area contributed by atoms with Crippen LogP contribution in [0.1, 0.15) is 35.9 Å². The zero-order chi connectivity index (χ0) is 28.6. The van der Waals surface area contributed by atoms with Gasteiger partial charge in [0.2, 0.25) is 5.91 Å². The van der Waals surface area contributed by atoms with Crippen molar-refractivity contribution in [3.8, 4) is 33.1 Å². The molecule has 0 atom stereocenters. The van der Waals surface area contributed by atoms with Crippen molar-refractivity contribution in [1.29, 1.82) is 0 Å². The number of carbonyl (C=O) groups is 2. The van der Waals surface area contributed by atoms with Gasteiger partial charge in [-0.05, 0) is 75.2 Å². The molecule has 0 spiro atoms. The number of pyridine rings is 3. The Morgan fingerprint density at radius 3 is 2.67 bits per heavy atom. The van der Waals surface area contributed by atoms with Crippen LogP contribution in [0.3, 0.4) is 0 Å².